The molecule has 0 bridgehead atoms. The predicted octanol–water partition coefficient (Wildman–Crippen LogP) is 0.849. The highest BCUT2D eigenvalue weighted by Crippen LogP contribution is 2.13. The van der Waals surface area contributed by atoms with Crippen molar-refractivity contribution < 1.29 is 0 Å². The number of nitrogens with two attached hydrogens (primary N) is 1. The van der Waals surface area contributed by atoms with E-state index in [1.54, 1.807) is 10.9 Å². The minimum Gasteiger partial charge on any atom is -0.325 e. The van der Waals surface area contributed by atoms with Gasteiger partial charge in [0.05, 0.1) is 5.69 Å². The van der Waals surface area contributed by atoms with E-state index in [4.69, 9.17) is 5.73 Å². The Labute approximate surface area is 82.2 Å². The molecule has 2 heterocycles. The predicted molar refractivity (Wildman–Crippen MR) is 53.6 cm³/mol. The number of rotatable bonds is 1. The van der Waals surface area contributed by atoms with E-state index in [-0.39, 0.29) is 12.4 Å². The van der Waals surface area contributed by atoms with Crippen LogP contribution in [0.25, 0.3) is 11.0 Å². The first-order valence-electron chi connectivity index (χ1n) is 3.79. The summed E-state index contributed by atoms with van der Waals surface area (Å²) in [6.07, 6.45) is 1.75. The standard InChI is InChI=1S/C8H10N4.ClH/c1-12-8-6(3-2-4-10-8)7(5-9)11-12;/h2-4H,5,9H2,1H3;1H. The number of pyridine rings is 1. The molecule has 0 amide bonds. The molecule has 0 saturated carbocycles. The first-order chi connectivity index (χ1) is 5.83. The van der Waals surface area contributed by atoms with E-state index in [0.29, 0.717) is 6.54 Å². The number of hydrogen-bond acceptors (Lipinski definition) is 3. The summed E-state index contributed by atoms with van der Waals surface area (Å²) in [6.45, 7) is 0.461. The Morgan fingerprint density at radius 1 is 1.54 bits per heavy atom. The molecular formula is C8H11ClN4. The molecule has 0 aliphatic heterocycles. The average Bonchev–Trinajstić information content (AvgIpc) is 2.44. The molecule has 2 aromatic rings. The van der Waals surface area contributed by atoms with E-state index >= 15 is 0 Å². The van der Waals surface area contributed by atoms with Crippen LogP contribution in [0.1, 0.15) is 5.69 Å². The first-order valence-corrected chi connectivity index (χ1v) is 3.79. The van der Waals surface area contributed by atoms with Crippen LogP contribution in [0, 0.1) is 0 Å². The maximum Gasteiger partial charge on any atom is 0.157 e. The number of halogens is 1. The molecule has 0 fully saturated rings. The molecule has 2 aromatic heterocycles. The Kier molecular flexibility index (Phi) is 2.85. The molecule has 13 heavy (non-hydrogen) atoms. The van der Waals surface area contributed by atoms with Gasteiger partial charge in [-0.05, 0) is 12.1 Å². The van der Waals surface area contributed by atoms with E-state index in [2.05, 4.69) is 10.1 Å². The highest BCUT2D eigenvalue weighted by molar-refractivity contribution is 5.85. The van der Waals surface area contributed by atoms with E-state index < -0.39 is 0 Å². The van der Waals surface area contributed by atoms with Gasteiger partial charge >= 0.3 is 0 Å². The molecule has 0 aliphatic carbocycles. The second kappa shape index (κ2) is 3.72. The summed E-state index contributed by atoms with van der Waals surface area (Å²) < 4.78 is 1.75. The lowest BCUT2D eigenvalue weighted by atomic mass is 10.3. The van der Waals surface area contributed by atoms with Crippen molar-refractivity contribution in [2.75, 3.05) is 0 Å². The summed E-state index contributed by atoms with van der Waals surface area (Å²) >= 11 is 0. The van der Waals surface area contributed by atoms with Crippen LogP contribution in [0.3, 0.4) is 0 Å². The summed E-state index contributed by atoms with van der Waals surface area (Å²) in [5.74, 6) is 0. The normalized spacial score (nSPS) is 10.0. The highest BCUT2D eigenvalue weighted by Gasteiger charge is 2.05. The quantitative estimate of drug-likeness (QED) is 0.739. The maximum atomic E-state index is 5.53. The molecule has 0 atom stereocenters. The fourth-order valence-electron chi connectivity index (χ4n) is 1.31. The van der Waals surface area contributed by atoms with Crippen LogP contribution in [-0.4, -0.2) is 14.8 Å². The Bertz CT molecular complexity index is 409. The van der Waals surface area contributed by atoms with Crippen LogP contribution in [-0.2, 0) is 13.6 Å². The lowest BCUT2D eigenvalue weighted by Gasteiger charge is -1.89. The zero-order valence-corrected chi connectivity index (χ0v) is 8.08. The van der Waals surface area contributed by atoms with Gasteiger partial charge in [-0.2, -0.15) is 5.10 Å². The third-order valence-corrected chi connectivity index (χ3v) is 1.87. The van der Waals surface area contributed by atoms with Gasteiger partial charge in [0.15, 0.2) is 5.65 Å². The lowest BCUT2D eigenvalue weighted by molar-refractivity contribution is 0.758. The summed E-state index contributed by atoms with van der Waals surface area (Å²) in [7, 11) is 1.87. The molecule has 0 saturated heterocycles. The van der Waals surface area contributed by atoms with Crippen molar-refractivity contribution in [3.05, 3.63) is 24.0 Å². The second-order valence-corrected chi connectivity index (χ2v) is 2.65. The van der Waals surface area contributed by atoms with Crippen molar-refractivity contribution in [2.45, 2.75) is 6.54 Å². The van der Waals surface area contributed by atoms with Gasteiger partial charge < -0.3 is 5.73 Å². The van der Waals surface area contributed by atoms with Gasteiger partial charge in [0, 0.05) is 25.2 Å². The molecule has 0 aliphatic rings. The Hall–Kier alpha value is -1.13. The molecule has 2 N–H and O–H groups in total. The van der Waals surface area contributed by atoms with Gasteiger partial charge in [-0.15, -0.1) is 12.4 Å². The monoisotopic (exact) mass is 198 g/mol. The average molecular weight is 199 g/mol. The minimum atomic E-state index is 0. The van der Waals surface area contributed by atoms with E-state index in [9.17, 15) is 0 Å². The Balaban J connectivity index is 0.000000845. The zero-order chi connectivity index (χ0) is 8.55. The topological polar surface area (TPSA) is 56.7 Å². The Morgan fingerprint density at radius 3 is 3.00 bits per heavy atom. The van der Waals surface area contributed by atoms with Gasteiger partial charge in [-0.25, -0.2) is 4.98 Å². The summed E-state index contributed by atoms with van der Waals surface area (Å²) in [5.41, 5.74) is 7.32. The number of fused-ring (bicyclic) bond motifs is 1. The molecule has 4 nitrogen and oxygen atoms in total. The van der Waals surface area contributed by atoms with Crippen LogP contribution in [0.4, 0.5) is 0 Å². The SMILES string of the molecule is Cl.Cn1nc(CN)c2cccnc21. The molecule has 70 valence electrons. The molecule has 5 heteroatoms. The maximum absolute atomic E-state index is 5.53. The minimum absolute atomic E-state index is 0. The van der Waals surface area contributed by atoms with Gasteiger partial charge in [-0.3, -0.25) is 4.68 Å². The smallest absolute Gasteiger partial charge is 0.157 e. The fraction of sp³-hybridized carbons (Fsp3) is 0.250. The van der Waals surface area contributed by atoms with Crippen LogP contribution < -0.4 is 5.73 Å². The summed E-state index contributed by atoms with van der Waals surface area (Å²) in [6, 6.07) is 3.88. The van der Waals surface area contributed by atoms with Gasteiger partial charge in [0.2, 0.25) is 0 Å². The van der Waals surface area contributed by atoms with Crippen molar-refractivity contribution in [3.63, 3.8) is 0 Å². The van der Waals surface area contributed by atoms with E-state index in [1.807, 2.05) is 19.2 Å². The summed E-state index contributed by atoms with van der Waals surface area (Å²) in [5, 5.41) is 5.28. The molecule has 0 radical (unpaired) electrons. The number of aromatic nitrogens is 3. The molecule has 0 aromatic carbocycles. The second-order valence-electron chi connectivity index (χ2n) is 2.65. The van der Waals surface area contributed by atoms with Crippen molar-refractivity contribution in [2.24, 2.45) is 12.8 Å². The van der Waals surface area contributed by atoms with Crippen molar-refractivity contribution in [1.29, 1.82) is 0 Å². The molecular weight excluding hydrogens is 188 g/mol. The van der Waals surface area contributed by atoms with E-state index in [0.717, 1.165) is 16.7 Å². The molecule has 0 spiro atoms. The van der Waals surface area contributed by atoms with Crippen LogP contribution in [0.2, 0.25) is 0 Å². The number of hydrogen-bond donors (Lipinski definition) is 1. The summed E-state index contributed by atoms with van der Waals surface area (Å²) in [4.78, 5) is 4.19. The zero-order valence-electron chi connectivity index (χ0n) is 7.27. The number of aryl methyl sites for hydroxylation is 1. The fourth-order valence-corrected chi connectivity index (χ4v) is 1.31. The Morgan fingerprint density at radius 2 is 2.31 bits per heavy atom. The van der Waals surface area contributed by atoms with Crippen molar-refractivity contribution in [1.82, 2.24) is 14.8 Å². The lowest BCUT2D eigenvalue weighted by Crippen LogP contribution is -1.98. The van der Waals surface area contributed by atoms with Gasteiger partial charge in [0.1, 0.15) is 0 Å². The van der Waals surface area contributed by atoms with E-state index in [1.165, 1.54) is 0 Å². The number of nitrogens with zero attached hydrogens (tertiary/aromatic N) is 3. The van der Waals surface area contributed by atoms with Crippen LogP contribution in [0.5, 0.6) is 0 Å². The van der Waals surface area contributed by atoms with Crippen molar-refractivity contribution in [3.8, 4) is 0 Å². The third kappa shape index (κ3) is 1.50. The van der Waals surface area contributed by atoms with Crippen LogP contribution >= 0.6 is 12.4 Å². The van der Waals surface area contributed by atoms with Gasteiger partial charge in [0.25, 0.3) is 0 Å². The largest absolute Gasteiger partial charge is 0.325 e. The first kappa shape index (κ1) is 9.95. The van der Waals surface area contributed by atoms with Crippen LogP contribution in [0.15, 0.2) is 18.3 Å². The highest BCUT2D eigenvalue weighted by atomic mass is 35.5. The third-order valence-electron chi connectivity index (χ3n) is 1.87. The van der Waals surface area contributed by atoms with Crippen molar-refractivity contribution >= 4 is 23.4 Å². The molecule has 2 rings (SSSR count). The van der Waals surface area contributed by atoms with Gasteiger partial charge in [-0.1, -0.05) is 0 Å². The molecule has 0 unspecified atom stereocenters.